The maximum Gasteiger partial charge on any atom is 0.255 e. The third-order valence-corrected chi connectivity index (χ3v) is 3.80. The van der Waals surface area contributed by atoms with Crippen molar-refractivity contribution in [3.63, 3.8) is 0 Å². The SMILES string of the molecule is O=C(CSCC(=O)N(CCO)CC(F)F)N1CCOCC1. The van der Waals surface area contributed by atoms with Crippen molar-refractivity contribution in [3.8, 4) is 0 Å². The van der Waals surface area contributed by atoms with Crippen molar-refractivity contribution in [2.75, 3.05) is 57.5 Å². The van der Waals surface area contributed by atoms with E-state index in [1.165, 1.54) is 0 Å². The van der Waals surface area contributed by atoms with E-state index >= 15 is 0 Å². The number of aliphatic hydroxyl groups is 1. The van der Waals surface area contributed by atoms with Gasteiger partial charge in [-0.3, -0.25) is 9.59 Å². The number of nitrogens with zero attached hydrogens (tertiary/aromatic N) is 2. The number of rotatable bonds is 8. The van der Waals surface area contributed by atoms with E-state index in [1.54, 1.807) is 4.90 Å². The summed E-state index contributed by atoms with van der Waals surface area (Å²) in [4.78, 5) is 26.1. The second kappa shape index (κ2) is 9.91. The first-order valence-corrected chi connectivity index (χ1v) is 7.80. The topological polar surface area (TPSA) is 70.1 Å². The van der Waals surface area contributed by atoms with Crippen LogP contribution in [-0.2, 0) is 14.3 Å². The van der Waals surface area contributed by atoms with E-state index in [4.69, 9.17) is 9.84 Å². The van der Waals surface area contributed by atoms with E-state index in [1.807, 2.05) is 0 Å². The summed E-state index contributed by atoms with van der Waals surface area (Å²) < 4.78 is 29.7. The van der Waals surface area contributed by atoms with Crippen LogP contribution in [0.3, 0.4) is 0 Å². The first-order valence-electron chi connectivity index (χ1n) is 6.64. The Hall–Kier alpha value is -0.930. The zero-order chi connectivity index (χ0) is 15.7. The number of alkyl halides is 2. The minimum absolute atomic E-state index is 0.0528. The van der Waals surface area contributed by atoms with E-state index in [2.05, 4.69) is 0 Å². The van der Waals surface area contributed by atoms with Gasteiger partial charge < -0.3 is 19.6 Å². The Kier molecular flexibility index (Phi) is 8.55. The molecule has 1 aliphatic rings. The van der Waals surface area contributed by atoms with Crippen molar-refractivity contribution < 1.29 is 28.2 Å². The fourth-order valence-corrected chi connectivity index (χ4v) is 2.64. The van der Waals surface area contributed by atoms with Crippen molar-refractivity contribution >= 4 is 23.6 Å². The molecular formula is C12H20F2N2O4S. The Balaban J connectivity index is 2.28. The van der Waals surface area contributed by atoms with Crippen molar-refractivity contribution in [1.29, 1.82) is 0 Å². The average molecular weight is 326 g/mol. The Labute approximate surface area is 126 Å². The molecule has 1 saturated heterocycles. The number of aliphatic hydroxyl groups excluding tert-OH is 1. The largest absolute Gasteiger partial charge is 0.395 e. The van der Waals surface area contributed by atoms with Crippen LogP contribution in [0.1, 0.15) is 0 Å². The molecule has 0 aromatic heterocycles. The zero-order valence-electron chi connectivity index (χ0n) is 11.7. The van der Waals surface area contributed by atoms with Gasteiger partial charge in [-0.2, -0.15) is 0 Å². The van der Waals surface area contributed by atoms with Gasteiger partial charge in [0.15, 0.2) is 0 Å². The summed E-state index contributed by atoms with van der Waals surface area (Å²) in [5.41, 5.74) is 0. The number of halogens is 2. The molecule has 0 spiro atoms. The number of ether oxygens (including phenoxy) is 1. The Morgan fingerprint density at radius 3 is 2.52 bits per heavy atom. The molecule has 0 aromatic carbocycles. The van der Waals surface area contributed by atoms with Crippen molar-refractivity contribution in [1.82, 2.24) is 9.80 Å². The summed E-state index contributed by atoms with van der Waals surface area (Å²) in [5, 5.41) is 8.76. The van der Waals surface area contributed by atoms with Gasteiger partial charge in [0.2, 0.25) is 11.8 Å². The lowest BCUT2D eigenvalue weighted by Gasteiger charge is -2.27. The lowest BCUT2D eigenvalue weighted by molar-refractivity contribution is -0.132. The molecule has 0 saturated carbocycles. The molecule has 0 unspecified atom stereocenters. The van der Waals surface area contributed by atoms with E-state index in [0.717, 1.165) is 16.7 Å². The minimum Gasteiger partial charge on any atom is -0.395 e. The fraction of sp³-hybridized carbons (Fsp3) is 0.833. The maximum absolute atomic E-state index is 12.3. The third-order valence-electron chi connectivity index (χ3n) is 2.90. The molecule has 1 aliphatic heterocycles. The van der Waals surface area contributed by atoms with Crippen LogP contribution in [0, 0.1) is 0 Å². The van der Waals surface area contributed by atoms with E-state index < -0.39 is 18.9 Å². The first kappa shape index (κ1) is 18.1. The standard InChI is InChI=1S/C12H20F2N2O4S/c13-10(14)7-16(1-4-17)12(19)9-21-8-11(18)15-2-5-20-6-3-15/h10,17H,1-9H2. The van der Waals surface area contributed by atoms with E-state index in [-0.39, 0.29) is 30.6 Å². The molecule has 0 aliphatic carbocycles. The molecule has 9 heteroatoms. The van der Waals surface area contributed by atoms with Crippen LogP contribution in [0.4, 0.5) is 8.78 Å². The molecular weight excluding hydrogens is 306 g/mol. The molecule has 0 atom stereocenters. The second-order valence-corrected chi connectivity index (χ2v) is 5.43. The van der Waals surface area contributed by atoms with Crippen molar-refractivity contribution in [2.24, 2.45) is 0 Å². The lowest BCUT2D eigenvalue weighted by Crippen LogP contribution is -2.42. The highest BCUT2D eigenvalue weighted by atomic mass is 32.2. The highest BCUT2D eigenvalue weighted by Crippen LogP contribution is 2.08. The summed E-state index contributed by atoms with van der Waals surface area (Å²) in [6, 6.07) is 0. The van der Waals surface area contributed by atoms with Crippen LogP contribution in [-0.4, -0.2) is 90.7 Å². The highest BCUT2D eigenvalue weighted by Gasteiger charge is 2.20. The van der Waals surface area contributed by atoms with Crippen LogP contribution < -0.4 is 0 Å². The fourth-order valence-electron chi connectivity index (χ4n) is 1.83. The van der Waals surface area contributed by atoms with Crippen molar-refractivity contribution in [2.45, 2.75) is 6.43 Å². The molecule has 0 radical (unpaired) electrons. The number of hydrogen-bond donors (Lipinski definition) is 1. The van der Waals surface area contributed by atoms with Gasteiger partial charge in [0.05, 0.1) is 37.9 Å². The quantitative estimate of drug-likeness (QED) is 0.661. The van der Waals surface area contributed by atoms with Gasteiger partial charge in [-0.1, -0.05) is 0 Å². The average Bonchev–Trinajstić information content (AvgIpc) is 2.47. The van der Waals surface area contributed by atoms with E-state index in [0.29, 0.717) is 26.3 Å². The van der Waals surface area contributed by atoms with Gasteiger partial charge in [-0.25, -0.2) is 8.78 Å². The summed E-state index contributed by atoms with van der Waals surface area (Å²) in [7, 11) is 0. The molecule has 1 heterocycles. The molecule has 0 aromatic rings. The third kappa shape index (κ3) is 7.05. The number of hydrogen-bond acceptors (Lipinski definition) is 5. The molecule has 2 amide bonds. The predicted molar refractivity (Wildman–Crippen MR) is 74.4 cm³/mol. The normalized spacial score (nSPS) is 15.3. The number of thioether (sulfide) groups is 1. The lowest BCUT2D eigenvalue weighted by atomic mass is 10.4. The number of carbonyl (C=O) groups is 2. The van der Waals surface area contributed by atoms with Crippen LogP contribution in [0.2, 0.25) is 0 Å². The summed E-state index contributed by atoms with van der Waals surface area (Å²) >= 11 is 1.09. The zero-order valence-corrected chi connectivity index (χ0v) is 12.5. The van der Waals surface area contributed by atoms with Crippen LogP contribution in [0.15, 0.2) is 0 Å². The number of carbonyl (C=O) groups excluding carboxylic acids is 2. The van der Waals surface area contributed by atoms with Crippen LogP contribution in [0.5, 0.6) is 0 Å². The molecule has 1 fully saturated rings. The van der Waals surface area contributed by atoms with Gasteiger partial charge in [0, 0.05) is 19.6 Å². The Bertz CT molecular complexity index is 341. The molecule has 122 valence electrons. The van der Waals surface area contributed by atoms with Crippen LogP contribution >= 0.6 is 11.8 Å². The molecule has 1 rings (SSSR count). The predicted octanol–water partition coefficient (Wildman–Crippen LogP) is -0.336. The second-order valence-electron chi connectivity index (χ2n) is 4.44. The van der Waals surface area contributed by atoms with Gasteiger partial charge in [-0.15, -0.1) is 11.8 Å². The molecule has 6 nitrogen and oxygen atoms in total. The van der Waals surface area contributed by atoms with Gasteiger partial charge in [0.25, 0.3) is 6.43 Å². The minimum atomic E-state index is -2.64. The summed E-state index contributed by atoms with van der Waals surface area (Å²) in [6.45, 7) is 0.904. The van der Waals surface area contributed by atoms with Crippen molar-refractivity contribution in [3.05, 3.63) is 0 Å². The molecule has 1 N–H and O–H groups in total. The highest BCUT2D eigenvalue weighted by molar-refractivity contribution is 8.00. The number of morpholine rings is 1. The first-order chi connectivity index (χ1) is 10.0. The van der Waals surface area contributed by atoms with Gasteiger partial charge in [-0.05, 0) is 0 Å². The Morgan fingerprint density at radius 2 is 1.95 bits per heavy atom. The summed E-state index contributed by atoms with van der Waals surface area (Å²) in [6.07, 6.45) is -2.64. The van der Waals surface area contributed by atoms with Crippen LogP contribution in [0.25, 0.3) is 0 Å². The molecule has 21 heavy (non-hydrogen) atoms. The van der Waals surface area contributed by atoms with Gasteiger partial charge in [0.1, 0.15) is 0 Å². The maximum atomic E-state index is 12.3. The summed E-state index contributed by atoms with van der Waals surface area (Å²) in [5.74, 6) is -0.501. The molecule has 0 bridgehead atoms. The monoisotopic (exact) mass is 326 g/mol. The van der Waals surface area contributed by atoms with E-state index in [9.17, 15) is 18.4 Å². The number of amides is 2. The Morgan fingerprint density at radius 1 is 1.29 bits per heavy atom. The smallest absolute Gasteiger partial charge is 0.255 e. The van der Waals surface area contributed by atoms with Gasteiger partial charge >= 0.3 is 0 Å².